The van der Waals surface area contributed by atoms with Gasteiger partial charge in [-0.1, -0.05) is 12.1 Å². The minimum absolute atomic E-state index is 0. The van der Waals surface area contributed by atoms with Gasteiger partial charge in [0.15, 0.2) is 0 Å². The first-order chi connectivity index (χ1) is 5.38. The van der Waals surface area contributed by atoms with Gasteiger partial charge in [-0.25, -0.2) is 9.97 Å². The molecule has 0 aliphatic heterocycles. The third-order valence-corrected chi connectivity index (χ3v) is 1.57. The number of nitrogens with two attached hydrogens (primary N) is 1. The quantitative estimate of drug-likeness (QED) is 0.672. The van der Waals surface area contributed by atoms with Crippen molar-refractivity contribution in [1.29, 1.82) is 0 Å². The average molecular weight is 182 g/mol. The van der Waals surface area contributed by atoms with Gasteiger partial charge in [0.2, 0.25) is 0 Å². The van der Waals surface area contributed by atoms with Gasteiger partial charge in [-0.2, -0.15) is 0 Å². The van der Waals surface area contributed by atoms with E-state index in [1.54, 1.807) is 0 Å². The standard InChI is InChI=1S/C8H7N3.ClH/c9-8-6-3-1-2-4-7(6)10-5-11-8;/h1-5H,(H2,9,10,11);1H. The summed E-state index contributed by atoms with van der Waals surface area (Å²) >= 11 is 0. The maximum absolute atomic E-state index is 5.61. The fraction of sp³-hybridized carbons (Fsp3) is 0. The number of rotatable bonds is 0. The normalized spacial score (nSPS) is 9.33. The van der Waals surface area contributed by atoms with E-state index in [0.717, 1.165) is 10.9 Å². The number of halogens is 1. The Morgan fingerprint density at radius 2 is 1.83 bits per heavy atom. The highest BCUT2D eigenvalue weighted by Gasteiger charge is 1.95. The fourth-order valence-electron chi connectivity index (χ4n) is 1.03. The SMILES string of the molecule is Cl.Nc1ncnc2ccccc12. The third kappa shape index (κ3) is 1.31. The summed E-state index contributed by atoms with van der Waals surface area (Å²) in [5, 5.41) is 0.912. The summed E-state index contributed by atoms with van der Waals surface area (Å²) in [6.45, 7) is 0. The summed E-state index contributed by atoms with van der Waals surface area (Å²) < 4.78 is 0. The van der Waals surface area contributed by atoms with Gasteiger partial charge in [-0.3, -0.25) is 0 Å². The Morgan fingerprint density at radius 1 is 1.08 bits per heavy atom. The number of nitrogen functional groups attached to an aromatic ring is 1. The van der Waals surface area contributed by atoms with Crippen molar-refractivity contribution in [3.8, 4) is 0 Å². The zero-order chi connectivity index (χ0) is 7.68. The maximum atomic E-state index is 5.61. The lowest BCUT2D eigenvalue weighted by Crippen LogP contribution is -1.91. The lowest BCUT2D eigenvalue weighted by molar-refractivity contribution is 1.23. The molecule has 0 atom stereocenters. The Bertz CT molecular complexity index is 383. The van der Waals surface area contributed by atoms with Gasteiger partial charge in [-0.05, 0) is 12.1 Å². The van der Waals surface area contributed by atoms with Crippen LogP contribution in [0.4, 0.5) is 5.82 Å². The second-order valence-electron chi connectivity index (χ2n) is 2.28. The molecule has 12 heavy (non-hydrogen) atoms. The number of aromatic nitrogens is 2. The Kier molecular flexibility index (Phi) is 2.45. The summed E-state index contributed by atoms with van der Waals surface area (Å²) in [4.78, 5) is 7.92. The molecule has 0 unspecified atom stereocenters. The molecule has 0 radical (unpaired) electrons. The first-order valence-electron chi connectivity index (χ1n) is 3.33. The van der Waals surface area contributed by atoms with E-state index in [9.17, 15) is 0 Å². The van der Waals surface area contributed by atoms with E-state index in [-0.39, 0.29) is 12.4 Å². The van der Waals surface area contributed by atoms with Crippen LogP contribution in [0.25, 0.3) is 10.9 Å². The summed E-state index contributed by atoms with van der Waals surface area (Å²) in [5.74, 6) is 0.538. The topological polar surface area (TPSA) is 51.8 Å². The number of fused-ring (bicyclic) bond motifs is 1. The van der Waals surface area contributed by atoms with E-state index >= 15 is 0 Å². The number of hydrogen-bond donors (Lipinski definition) is 1. The van der Waals surface area contributed by atoms with E-state index in [1.165, 1.54) is 6.33 Å². The molecule has 1 heterocycles. The molecule has 2 N–H and O–H groups in total. The van der Waals surface area contributed by atoms with Crippen molar-refractivity contribution in [3.05, 3.63) is 30.6 Å². The van der Waals surface area contributed by atoms with Gasteiger partial charge in [-0.15, -0.1) is 12.4 Å². The van der Waals surface area contributed by atoms with Crippen molar-refractivity contribution in [2.45, 2.75) is 0 Å². The van der Waals surface area contributed by atoms with E-state index in [1.807, 2.05) is 24.3 Å². The molecule has 0 aliphatic rings. The molecular formula is C8H8ClN3. The van der Waals surface area contributed by atoms with Gasteiger partial charge < -0.3 is 5.73 Å². The van der Waals surface area contributed by atoms with Crippen LogP contribution in [-0.2, 0) is 0 Å². The number of anilines is 1. The Labute approximate surface area is 76.0 Å². The van der Waals surface area contributed by atoms with Crippen LogP contribution in [-0.4, -0.2) is 9.97 Å². The molecule has 0 amide bonds. The molecule has 1 aromatic heterocycles. The number of benzene rings is 1. The molecule has 0 spiro atoms. The number of nitrogens with zero attached hydrogens (tertiary/aromatic N) is 2. The van der Waals surface area contributed by atoms with Crippen LogP contribution < -0.4 is 5.73 Å². The van der Waals surface area contributed by atoms with Crippen LogP contribution in [0.5, 0.6) is 0 Å². The minimum Gasteiger partial charge on any atom is -0.383 e. The van der Waals surface area contributed by atoms with E-state index in [2.05, 4.69) is 9.97 Å². The van der Waals surface area contributed by atoms with E-state index in [4.69, 9.17) is 5.73 Å². The molecular weight excluding hydrogens is 174 g/mol. The van der Waals surface area contributed by atoms with Crippen LogP contribution in [0.2, 0.25) is 0 Å². The highest BCUT2D eigenvalue weighted by atomic mass is 35.5. The largest absolute Gasteiger partial charge is 0.383 e. The van der Waals surface area contributed by atoms with Crippen LogP contribution in [0.15, 0.2) is 30.6 Å². The molecule has 0 fully saturated rings. The number of para-hydroxylation sites is 1. The highest BCUT2D eigenvalue weighted by molar-refractivity contribution is 5.87. The molecule has 2 rings (SSSR count). The van der Waals surface area contributed by atoms with Crippen molar-refractivity contribution in [3.63, 3.8) is 0 Å². The molecule has 2 aromatic rings. The smallest absolute Gasteiger partial charge is 0.134 e. The third-order valence-electron chi connectivity index (χ3n) is 1.57. The van der Waals surface area contributed by atoms with E-state index < -0.39 is 0 Å². The van der Waals surface area contributed by atoms with Crippen molar-refractivity contribution in [1.82, 2.24) is 9.97 Å². The Balaban J connectivity index is 0.000000720. The van der Waals surface area contributed by atoms with Crippen molar-refractivity contribution in [2.24, 2.45) is 0 Å². The lowest BCUT2D eigenvalue weighted by atomic mass is 10.2. The predicted molar refractivity (Wildman–Crippen MR) is 51.2 cm³/mol. The molecule has 0 saturated heterocycles. The first kappa shape index (κ1) is 8.74. The molecule has 0 aliphatic carbocycles. The molecule has 4 heteroatoms. The van der Waals surface area contributed by atoms with Gasteiger partial charge in [0.25, 0.3) is 0 Å². The van der Waals surface area contributed by atoms with Crippen LogP contribution in [0.1, 0.15) is 0 Å². The fourth-order valence-corrected chi connectivity index (χ4v) is 1.03. The van der Waals surface area contributed by atoms with E-state index in [0.29, 0.717) is 5.82 Å². The number of hydrogen-bond acceptors (Lipinski definition) is 3. The lowest BCUT2D eigenvalue weighted by Gasteiger charge is -1.96. The zero-order valence-corrected chi connectivity index (χ0v) is 7.08. The van der Waals surface area contributed by atoms with Gasteiger partial charge in [0.1, 0.15) is 12.1 Å². The maximum Gasteiger partial charge on any atom is 0.134 e. The van der Waals surface area contributed by atoms with Crippen molar-refractivity contribution in [2.75, 3.05) is 5.73 Å². The molecule has 0 saturated carbocycles. The summed E-state index contributed by atoms with van der Waals surface area (Å²) in [6.07, 6.45) is 1.47. The average Bonchev–Trinajstić information content (AvgIpc) is 2.06. The highest BCUT2D eigenvalue weighted by Crippen LogP contribution is 2.14. The molecule has 3 nitrogen and oxygen atoms in total. The second kappa shape index (κ2) is 3.36. The van der Waals surface area contributed by atoms with Gasteiger partial charge >= 0.3 is 0 Å². The van der Waals surface area contributed by atoms with Crippen LogP contribution in [0, 0.1) is 0 Å². The van der Waals surface area contributed by atoms with Gasteiger partial charge in [0.05, 0.1) is 5.52 Å². The zero-order valence-electron chi connectivity index (χ0n) is 6.27. The van der Waals surface area contributed by atoms with Crippen LogP contribution >= 0.6 is 12.4 Å². The van der Waals surface area contributed by atoms with Crippen molar-refractivity contribution < 1.29 is 0 Å². The van der Waals surface area contributed by atoms with Crippen LogP contribution in [0.3, 0.4) is 0 Å². The van der Waals surface area contributed by atoms with Crippen molar-refractivity contribution >= 4 is 29.1 Å². The summed E-state index contributed by atoms with van der Waals surface area (Å²) in [5.41, 5.74) is 6.49. The van der Waals surface area contributed by atoms with Gasteiger partial charge in [0, 0.05) is 5.39 Å². The molecule has 62 valence electrons. The molecule has 0 bridgehead atoms. The second-order valence-corrected chi connectivity index (χ2v) is 2.28. The Hall–Kier alpha value is -1.35. The predicted octanol–water partition coefficient (Wildman–Crippen LogP) is 1.63. The Morgan fingerprint density at radius 3 is 2.58 bits per heavy atom. The summed E-state index contributed by atoms with van der Waals surface area (Å²) in [7, 11) is 0. The molecule has 1 aromatic carbocycles. The summed E-state index contributed by atoms with van der Waals surface area (Å²) in [6, 6.07) is 7.66. The minimum atomic E-state index is 0. The first-order valence-corrected chi connectivity index (χ1v) is 3.33. The monoisotopic (exact) mass is 181 g/mol.